The average molecular weight is 309 g/mol. The summed E-state index contributed by atoms with van der Waals surface area (Å²) < 4.78 is 4.89. The fraction of sp³-hybridized carbons (Fsp3) is 0.333. The van der Waals surface area contributed by atoms with Gasteiger partial charge in [0.25, 0.3) is 0 Å². The number of allylic oxidation sites excluding steroid dienone is 1. The van der Waals surface area contributed by atoms with Crippen LogP contribution in [0.5, 0.6) is 0 Å². The molecule has 1 heterocycles. The van der Waals surface area contributed by atoms with Gasteiger partial charge in [-0.15, -0.1) is 11.6 Å². The van der Waals surface area contributed by atoms with Crippen LogP contribution in [0, 0.1) is 0 Å². The molecule has 1 aliphatic rings. The molecular formula is C15H17ClN2O3. The highest BCUT2D eigenvalue weighted by atomic mass is 35.5. The van der Waals surface area contributed by atoms with E-state index in [1.807, 2.05) is 30.3 Å². The van der Waals surface area contributed by atoms with Crippen molar-refractivity contribution in [3.05, 3.63) is 47.2 Å². The van der Waals surface area contributed by atoms with Crippen LogP contribution in [0.3, 0.4) is 0 Å². The van der Waals surface area contributed by atoms with Crippen LogP contribution in [0.4, 0.5) is 4.79 Å². The zero-order valence-corrected chi connectivity index (χ0v) is 12.9. The molecule has 0 unspecified atom stereocenters. The highest BCUT2D eigenvalue weighted by molar-refractivity contribution is 6.20. The smallest absolute Gasteiger partial charge is 0.338 e. The van der Waals surface area contributed by atoms with Gasteiger partial charge in [0.05, 0.1) is 24.6 Å². The number of benzene rings is 1. The third-order valence-electron chi connectivity index (χ3n) is 3.61. The molecular weight excluding hydrogens is 292 g/mol. The minimum Gasteiger partial charge on any atom is -0.466 e. The third-order valence-corrected chi connectivity index (χ3v) is 3.87. The summed E-state index contributed by atoms with van der Waals surface area (Å²) in [5.41, 5.74) is 1.70. The van der Waals surface area contributed by atoms with E-state index in [0.717, 1.165) is 5.56 Å². The summed E-state index contributed by atoms with van der Waals surface area (Å²) in [6.45, 7) is 0. The van der Waals surface area contributed by atoms with Crippen molar-refractivity contribution in [3.8, 4) is 0 Å². The van der Waals surface area contributed by atoms with Crippen molar-refractivity contribution < 1.29 is 14.3 Å². The average Bonchev–Trinajstić information content (AvgIpc) is 2.52. The van der Waals surface area contributed by atoms with Crippen molar-refractivity contribution in [2.75, 3.05) is 27.1 Å². The van der Waals surface area contributed by atoms with E-state index in [-0.39, 0.29) is 11.9 Å². The maximum absolute atomic E-state index is 12.3. The normalized spacial score (nSPS) is 19.0. The number of hydrogen-bond acceptors (Lipinski definition) is 3. The molecule has 0 spiro atoms. The molecule has 1 atom stereocenters. The molecule has 2 rings (SSSR count). The molecule has 0 saturated carbocycles. The zero-order chi connectivity index (χ0) is 15.6. The quantitative estimate of drug-likeness (QED) is 0.636. The number of methoxy groups -OCH3 is 1. The van der Waals surface area contributed by atoms with Crippen molar-refractivity contribution in [3.63, 3.8) is 0 Å². The maximum atomic E-state index is 12.3. The molecule has 21 heavy (non-hydrogen) atoms. The molecule has 112 valence electrons. The summed E-state index contributed by atoms with van der Waals surface area (Å²) in [5, 5.41) is 0. The second kappa shape index (κ2) is 6.18. The molecule has 0 N–H and O–H groups in total. The number of nitrogens with zero attached hydrogens (tertiary/aromatic N) is 2. The van der Waals surface area contributed by atoms with Crippen LogP contribution in [0.2, 0.25) is 0 Å². The van der Waals surface area contributed by atoms with Gasteiger partial charge in [0.2, 0.25) is 0 Å². The summed E-state index contributed by atoms with van der Waals surface area (Å²) >= 11 is 5.96. The Labute approximate surface area is 128 Å². The minimum atomic E-state index is -0.504. The Hall–Kier alpha value is -2.01. The first kappa shape index (κ1) is 15.4. The van der Waals surface area contributed by atoms with Gasteiger partial charge in [-0.2, -0.15) is 0 Å². The molecule has 6 heteroatoms. The van der Waals surface area contributed by atoms with Gasteiger partial charge in [0.1, 0.15) is 0 Å². The number of carbonyl (C=O) groups excluding carboxylic acids is 2. The van der Waals surface area contributed by atoms with Gasteiger partial charge >= 0.3 is 12.0 Å². The summed E-state index contributed by atoms with van der Waals surface area (Å²) in [5.74, 6) is -0.421. The molecule has 5 nitrogen and oxygen atoms in total. The predicted octanol–water partition coefficient (Wildman–Crippen LogP) is 2.39. The van der Waals surface area contributed by atoms with Gasteiger partial charge in [-0.3, -0.25) is 4.90 Å². The van der Waals surface area contributed by atoms with E-state index >= 15 is 0 Å². The molecule has 2 amide bonds. The first-order chi connectivity index (χ1) is 10.0. The molecule has 1 aromatic carbocycles. The lowest BCUT2D eigenvalue weighted by atomic mass is 9.94. The number of likely N-dealkylation sites (N-methyl/N-ethyl adjacent to an activating group) is 1. The number of hydrogen-bond donors (Lipinski definition) is 0. The number of alkyl halides is 1. The summed E-state index contributed by atoms with van der Waals surface area (Å²) in [6, 6.07) is 8.62. The summed E-state index contributed by atoms with van der Waals surface area (Å²) in [4.78, 5) is 27.5. The highest BCUT2D eigenvalue weighted by Gasteiger charge is 2.39. The molecule has 1 aliphatic heterocycles. The van der Waals surface area contributed by atoms with E-state index < -0.39 is 12.0 Å². The van der Waals surface area contributed by atoms with Gasteiger partial charge in [-0.1, -0.05) is 30.3 Å². The molecule has 0 aromatic heterocycles. The lowest BCUT2D eigenvalue weighted by Gasteiger charge is -2.39. The Morgan fingerprint density at radius 1 is 1.29 bits per heavy atom. The first-order valence-electron chi connectivity index (χ1n) is 6.45. The Bertz CT molecular complexity index is 586. The Morgan fingerprint density at radius 2 is 1.90 bits per heavy atom. The van der Waals surface area contributed by atoms with Crippen LogP contribution in [-0.4, -0.2) is 48.9 Å². The van der Waals surface area contributed by atoms with Crippen LogP contribution in [0.15, 0.2) is 41.6 Å². The second-order valence-corrected chi connectivity index (χ2v) is 5.02. The van der Waals surface area contributed by atoms with Gasteiger partial charge in [0.15, 0.2) is 0 Å². The Morgan fingerprint density at radius 3 is 2.43 bits per heavy atom. The van der Waals surface area contributed by atoms with Gasteiger partial charge < -0.3 is 9.64 Å². The van der Waals surface area contributed by atoms with Crippen molar-refractivity contribution in [2.45, 2.75) is 6.04 Å². The SMILES string of the molecule is COC(=O)C1=C(CCl)N(C)C(=O)N(C)[C@H]1c1ccccc1. The number of urea groups is 1. The van der Waals surface area contributed by atoms with Crippen LogP contribution < -0.4 is 0 Å². The van der Waals surface area contributed by atoms with Gasteiger partial charge in [-0.25, -0.2) is 9.59 Å². The lowest BCUT2D eigenvalue weighted by Crippen LogP contribution is -2.48. The minimum absolute atomic E-state index is 0.0594. The lowest BCUT2D eigenvalue weighted by molar-refractivity contribution is -0.137. The third kappa shape index (κ3) is 2.61. The second-order valence-electron chi connectivity index (χ2n) is 4.75. The highest BCUT2D eigenvalue weighted by Crippen LogP contribution is 2.36. The molecule has 0 saturated heterocycles. The van der Waals surface area contributed by atoms with E-state index in [0.29, 0.717) is 11.3 Å². The largest absolute Gasteiger partial charge is 0.466 e. The Kier molecular flexibility index (Phi) is 4.53. The zero-order valence-electron chi connectivity index (χ0n) is 12.2. The maximum Gasteiger partial charge on any atom is 0.338 e. The van der Waals surface area contributed by atoms with E-state index in [2.05, 4.69) is 0 Å². The summed E-state index contributed by atoms with van der Waals surface area (Å²) in [6.07, 6.45) is 0. The van der Waals surface area contributed by atoms with E-state index in [4.69, 9.17) is 16.3 Å². The van der Waals surface area contributed by atoms with Crippen molar-refractivity contribution in [1.82, 2.24) is 9.80 Å². The fourth-order valence-corrected chi connectivity index (χ4v) is 2.84. The fourth-order valence-electron chi connectivity index (χ4n) is 2.52. The molecule has 0 aliphatic carbocycles. The van der Waals surface area contributed by atoms with E-state index in [9.17, 15) is 9.59 Å². The van der Waals surface area contributed by atoms with Gasteiger partial charge in [-0.05, 0) is 5.56 Å². The predicted molar refractivity (Wildman–Crippen MR) is 79.9 cm³/mol. The first-order valence-corrected chi connectivity index (χ1v) is 6.99. The molecule has 1 aromatic rings. The van der Waals surface area contributed by atoms with Crippen molar-refractivity contribution in [1.29, 1.82) is 0 Å². The van der Waals surface area contributed by atoms with Crippen LogP contribution in [-0.2, 0) is 9.53 Å². The number of ether oxygens (including phenoxy) is 1. The van der Waals surface area contributed by atoms with Crippen molar-refractivity contribution in [2.24, 2.45) is 0 Å². The number of amides is 2. The molecule has 0 fully saturated rings. The van der Waals surface area contributed by atoms with Crippen LogP contribution in [0.1, 0.15) is 11.6 Å². The van der Waals surface area contributed by atoms with Crippen LogP contribution >= 0.6 is 11.6 Å². The topological polar surface area (TPSA) is 49.9 Å². The van der Waals surface area contributed by atoms with Crippen LogP contribution in [0.25, 0.3) is 0 Å². The number of carbonyl (C=O) groups is 2. The summed E-state index contributed by atoms with van der Waals surface area (Å²) in [7, 11) is 4.57. The standard InChI is InChI=1S/C15H17ClN2O3/c1-17-11(9-16)12(14(19)21-3)13(18(2)15(17)20)10-7-5-4-6-8-10/h4-8,13H,9H2,1-3H3/t13-/m0/s1. The number of rotatable bonds is 3. The van der Waals surface area contributed by atoms with E-state index in [1.54, 1.807) is 14.1 Å². The molecule has 0 radical (unpaired) electrons. The number of halogens is 1. The molecule has 0 bridgehead atoms. The van der Waals surface area contributed by atoms with Crippen molar-refractivity contribution >= 4 is 23.6 Å². The van der Waals surface area contributed by atoms with Gasteiger partial charge in [0, 0.05) is 19.8 Å². The Balaban J connectivity index is 2.65. The number of esters is 1. The van der Waals surface area contributed by atoms with E-state index in [1.165, 1.54) is 16.9 Å². The monoisotopic (exact) mass is 308 g/mol.